The summed E-state index contributed by atoms with van der Waals surface area (Å²) in [6.07, 6.45) is 4.66. The third-order valence-corrected chi connectivity index (χ3v) is 4.24. The Morgan fingerprint density at radius 2 is 2.30 bits per heavy atom. The Balaban J connectivity index is 2.25. The van der Waals surface area contributed by atoms with Crippen LogP contribution in [-0.2, 0) is 11.2 Å². The number of hydrogen-bond donors (Lipinski definition) is 1. The monoisotopic (exact) mass is 291 g/mol. The normalized spacial score (nSPS) is 12.6. The van der Waals surface area contributed by atoms with Gasteiger partial charge in [-0.1, -0.05) is 13.0 Å². The van der Waals surface area contributed by atoms with Gasteiger partial charge in [-0.15, -0.1) is 11.3 Å². The zero-order valence-electron chi connectivity index (χ0n) is 12.2. The molecule has 1 unspecified atom stereocenters. The van der Waals surface area contributed by atoms with E-state index in [1.54, 1.807) is 24.6 Å². The summed E-state index contributed by atoms with van der Waals surface area (Å²) in [6.45, 7) is 5.75. The van der Waals surface area contributed by atoms with Gasteiger partial charge >= 0.3 is 0 Å². The number of hydrogen-bond acceptors (Lipinski definition) is 5. The molecule has 0 amide bonds. The molecule has 1 N–H and O–H groups in total. The molecule has 0 aromatic carbocycles. The van der Waals surface area contributed by atoms with E-state index in [1.807, 2.05) is 12.3 Å². The van der Waals surface area contributed by atoms with E-state index in [0.29, 0.717) is 6.61 Å². The van der Waals surface area contributed by atoms with Crippen LogP contribution in [0.1, 0.15) is 34.1 Å². The van der Waals surface area contributed by atoms with E-state index in [2.05, 4.69) is 30.2 Å². The maximum Gasteiger partial charge on any atom is 0.115 e. The summed E-state index contributed by atoms with van der Waals surface area (Å²) in [7, 11) is 1.71. The van der Waals surface area contributed by atoms with Crippen LogP contribution in [0.15, 0.2) is 24.5 Å². The minimum Gasteiger partial charge on any atom is -0.383 e. The predicted octanol–water partition coefficient (Wildman–Crippen LogP) is 2.73. The Hall–Kier alpha value is -1.30. The van der Waals surface area contributed by atoms with Crippen molar-refractivity contribution in [1.29, 1.82) is 0 Å². The van der Waals surface area contributed by atoms with Gasteiger partial charge in [-0.2, -0.15) is 0 Å². The third-order valence-electron chi connectivity index (χ3n) is 3.16. The molecule has 2 rings (SSSR count). The minimum absolute atomic E-state index is 0.0860. The highest BCUT2D eigenvalue weighted by Crippen LogP contribution is 2.28. The van der Waals surface area contributed by atoms with Crippen LogP contribution < -0.4 is 5.32 Å². The van der Waals surface area contributed by atoms with Gasteiger partial charge in [0.1, 0.15) is 5.01 Å². The molecule has 0 aliphatic carbocycles. The standard InChI is InChI=1S/C15H21N3OS/c1-4-13-11(2)20-15(18-13)14(17-8-9-19-3)12-6-5-7-16-10-12/h5-7,10,14,17H,4,8-9H2,1-3H3. The predicted molar refractivity (Wildman–Crippen MR) is 82.2 cm³/mol. The summed E-state index contributed by atoms with van der Waals surface area (Å²) in [5, 5.41) is 4.60. The number of nitrogens with zero attached hydrogens (tertiary/aromatic N) is 2. The maximum absolute atomic E-state index is 5.12. The zero-order chi connectivity index (χ0) is 14.4. The number of pyridine rings is 1. The van der Waals surface area contributed by atoms with E-state index in [-0.39, 0.29) is 6.04 Å². The fourth-order valence-electron chi connectivity index (χ4n) is 2.10. The van der Waals surface area contributed by atoms with E-state index in [9.17, 15) is 0 Å². The maximum atomic E-state index is 5.12. The molecular formula is C15H21N3OS. The van der Waals surface area contributed by atoms with Crippen LogP contribution >= 0.6 is 11.3 Å². The van der Waals surface area contributed by atoms with Gasteiger partial charge in [0.2, 0.25) is 0 Å². The van der Waals surface area contributed by atoms with Crippen molar-refractivity contribution in [2.45, 2.75) is 26.3 Å². The lowest BCUT2D eigenvalue weighted by Gasteiger charge is -2.16. The summed E-state index contributed by atoms with van der Waals surface area (Å²) in [5.74, 6) is 0. The molecule has 0 aliphatic heterocycles. The molecule has 0 saturated carbocycles. The number of aryl methyl sites for hydroxylation is 2. The van der Waals surface area contributed by atoms with Crippen LogP contribution in [-0.4, -0.2) is 30.2 Å². The molecule has 108 valence electrons. The van der Waals surface area contributed by atoms with Crippen LogP contribution in [0.25, 0.3) is 0 Å². The van der Waals surface area contributed by atoms with Crippen molar-refractivity contribution in [2.24, 2.45) is 0 Å². The van der Waals surface area contributed by atoms with Crippen molar-refractivity contribution in [2.75, 3.05) is 20.3 Å². The fourth-order valence-corrected chi connectivity index (χ4v) is 3.22. The smallest absolute Gasteiger partial charge is 0.115 e. The van der Waals surface area contributed by atoms with Crippen molar-refractivity contribution in [3.63, 3.8) is 0 Å². The summed E-state index contributed by atoms with van der Waals surface area (Å²) >= 11 is 1.76. The van der Waals surface area contributed by atoms with Crippen LogP contribution in [0.5, 0.6) is 0 Å². The van der Waals surface area contributed by atoms with Crippen molar-refractivity contribution in [3.05, 3.63) is 45.7 Å². The second kappa shape index (κ2) is 7.47. The summed E-state index contributed by atoms with van der Waals surface area (Å²) in [6, 6.07) is 4.13. The van der Waals surface area contributed by atoms with Gasteiger partial charge in [0, 0.05) is 30.9 Å². The topological polar surface area (TPSA) is 47.0 Å². The Morgan fingerprint density at radius 3 is 2.90 bits per heavy atom. The molecule has 0 radical (unpaired) electrons. The molecule has 0 spiro atoms. The summed E-state index contributed by atoms with van der Waals surface area (Å²) < 4.78 is 5.12. The first-order chi connectivity index (χ1) is 9.76. The number of ether oxygens (including phenoxy) is 1. The first kappa shape index (κ1) is 15.1. The van der Waals surface area contributed by atoms with E-state index >= 15 is 0 Å². The number of nitrogens with one attached hydrogen (secondary N) is 1. The number of methoxy groups -OCH3 is 1. The molecule has 0 saturated heterocycles. The average Bonchev–Trinajstić information content (AvgIpc) is 2.85. The van der Waals surface area contributed by atoms with E-state index in [0.717, 1.165) is 23.5 Å². The second-order valence-corrected chi connectivity index (χ2v) is 5.81. The second-order valence-electron chi connectivity index (χ2n) is 4.57. The lowest BCUT2D eigenvalue weighted by molar-refractivity contribution is 0.197. The molecule has 0 fully saturated rings. The first-order valence-electron chi connectivity index (χ1n) is 6.84. The quantitative estimate of drug-likeness (QED) is 0.797. The van der Waals surface area contributed by atoms with Gasteiger partial charge in [0.15, 0.2) is 0 Å². The van der Waals surface area contributed by atoms with Gasteiger partial charge in [-0.3, -0.25) is 4.98 Å². The van der Waals surface area contributed by atoms with Crippen molar-refractivity contribution in [3.8, 4) is 0 Å². The number of thiazole rings is 1. The lowest BCUT2D eigenvalue weighted by Crippen LogP contribution is -2.26. The molecular weight excluding hydrogens is 270 g/mol. The molecule has 4 nitrogen and oxygen atoms in total. The Morgan fingerprint density at radius 1 is 1.45 bits per heavy atom. The highest BCUT2D eigenvalue weighted by atomic mass is 32.1. The van der Waals surface area contributed by atoms with Gasteiger partial charge in [0.05, 0.1) is 18.3 Å². The van der Waals surface area contributed by atoms with Crippen molar-refractivity contribution in [1.82, 2.24) is 15.3 Å². The zero-order valence-corrected chi connectivity index (χ0v) is 13.0. The fraction of sp³-hybridized carbons (Fsp3) is 0.467. The largest absolute Gasteiger partial charge is 0.383 e. The number of aromatic nitrogens is 2. The molecule has 1 atom stereocenters. The van der Waals surface area contributed by atoms with Crippen LogP contribution in [0, 0.1) is 6.92 Å². The summed E-state index contributed by atoms with van der Waals surface area (Å²) in [5.41, 5.74) is 2.33. The van der Waals surface area contributed by atoms with Crippen LogP contribution in [0.3, 0.4) is 0 Å². The van der Waals surface area contributed by atoms with Gasteiger partial charge in [-0.05, 0) is 25.0 Å². The average molecular weight is 291 g/mol. The Labute approximate surface area is 124 Å². The molecule has 20 heavy (non-hydrogen) atoms. The molecule has 0 bridgehead atoms. The van der Waals surface area contributed by atoms with Gasteiger partial charge < -0.3 is 10.1 Å². The van der Waals surface area contributed by atoms with Gasteiger partial charge in [0.25, 0.3) is 0 Å². The highest BCUT2D eigenvalue weighted by Gasteiger charge is 2.18. The lowest BCUT2D eigenvalue weighted by atomic mass is 10.1. The molecule has 0 aliphatic rings. The van der Waals surface area contributed by atoms with E-state index in [1.165, 1.54) is 10.6 Å². The van der Waals surface area contributed by atoms with E-state index in [4.69, 9.17) is 9.72 Å². The number of rotatable bonds is 7. The molecule has 5 heteroatoms. The molecule has 2 aromatic heterocycles. The molecule has 2 aromatic rings. The van der Waals surface area contributed by atoms with Crippen molar-refractivity contribution >= 4 is 11.3 Å². The Bertz CT molecular complexity index is 527. The molecule has 2 heterocycles. The first-order valence-corrected chi connectivity index (χ1v) is 7.66. The van der Waals surface area contributed by atoms with Crippen LogP contribution in [0.2, 0.25) is 0 Å². The third kappa shape index (κ3) is 3.62. The van der Waals surface area contributed by atoms with Gasteiger partial charge in [-0.25, -0.2) is 4.98 Å². The minimum atomic E-state index is 0.0860. The Kier molecular flexibility index (Phi) is 5.64. The van der Waals surface area contributed by atoms with E-state index < -0.39 is 0 Å². The summed E-state index contributed by atoms with van der Waals surface area (Å²) in [4.78, 5) is 10.3. The van der Waals surface area contributed by atoms with Crippen LogP contribution in [0.4, 0.5) is 0 Å². The SMILES string of the molecule is CCc1nc(C(NCCOC)c2cccnc2)sc1C. The van der Waals surface area contributed by atoms with Crippen molar-refractivity contribution < 1.29 is 4.74 Å². The highest BCUT2D eigenvalue weighted by molar-refractivity contribution is 7.11.